The minimum absolute atomic E-state index is 0.0160. The SMILES string of the molecule is C=C(C)C(=O)CCOCc1ccc(O)c2ncccc12. The normalized spacial score (nSPS) is 10.7. The molecule has 2 aromatic rings. The lowest BCUT2D eigenvalue weighted by Crippen LogP contribution is -2.05. The van der Waals surface area contributed by atoms with Gasteiger partial charge in [0.25, 0.3) is 0 Å². The van der Waals surface area contributed by atoms with Gasteiger partial charge in [0.1, 0.15) is 11.3 Å². The molecule has 0 unspecified atom stereocenters. The van der Waals surface area contributed by atoms with E-state index in [1.807, 2.05) is 12.1 Å². The molecule has 0 aliphatic rings. The van der Waals surface area contributed by atoms with E-state index in [1.54, 1.807) is 25.3 Å². The fraction of sp³-hybridized carbons (Fsp3) is 0.250. The van der Waals surface area contributed by atoms with Gasteiger partial charge in [-0.25, -0.2) is 0 Å². The number of aromatic hydroxyl groups is 1. The molecule has 4 heteroatoms. The standard InChI is InChI=1S/C16H17NO3/c1-11(2)14(18)7-9-20-10-12-5-6-15(19)16-13(12)4-3-8-17-16/h3-6,8,19H,1,7,9-10H2,2H3. The lowest BCUT2D eigenvalue weighted by molar-refractivity contribution is -0.116. The molecule has 1 heterocycles. The van der Waals surface area contributed by atoms with Gasteiger partial charge in [0.15, 0.2) is 5.78 Å². The largest absolute Gasteiger partial charge is 0.506 e. The molecule has 0 saturated carbocycles. The molecule has 0 atom stereocenters. The molecule has 4 nitrogen and oxygen atoms in total. The van der Waals surface area contributed by atoms with E-state index in [4.69, 9.17) is 4.74 Å². The maximum Gasteiger partial charge on any atom is 0.160 e. The van der Waals surface area contributed by atoms with Crippen molar-refractivity contribution in [3.8, 4) is 5.75 Å². The summed E-state index contributed by atoms with van der Waals surface area (Å²) in [5.41, 5.74) is 2.05. The van der Waals surface area contributed by atoms with Gasteiger partial charge < -0.3 is 9.84 Å². The molecule has 0 aliphatic heterocycles. The Labute approximate surface area is 117 Å². The number of phenols is 1. The summed E-state index contributed by atoms with van der Waals surface area (Å²) in [5.74, 6) is 0.170. The number of aromatic nitrogens is 1. The zero-order chi connectivity index (χ0) is 14.5. The molecular formula is C16H17NO3. The van der Waals surface area contributed by atoms with E-state index in [-0.39, 0.29) is 11.5 Å². The third-order valence-electron chi connectivity index (χ3n) is 3.05. The Bertz CT molecular complexity index is 649. The number of carbonyl (C=O) groups excluding carboxylic acids is 1. The maximum absolute atomic E-state index is 11.4. The molecular weight excluding hydrogens is 254 g/mol. The lowest BCUT2D eigenvalue weighted by Gasteiger charge is -2.08. The summed E-state index contributed by atoms with van der Waals surface area (Å²) in [7, 11) is 0. The van der Waals surface area contributed by atoms with Crippen molar-refractivity contribution in [2.45, 2.75) is 20.0 Å². The van der Waals surface area contributed by atoms with Gasteiger partial charge in [-0.1, -0.05) is 18.7 Å². The van der Waals surface area contributed by atoms with E-state index in [9.17, 15) is 9.90 Å². The summed E-state index contributed by atoms with van der Waals surface area (Å²) in [4.78, 5) is 15.5. The van der Waals surface area contributed by atoms with E-state index in [0.29, 0.717) is 30.7 Å². The summed E-state index contributed by atoms with van der Waals surface area (Å²) < 4.78 is 5.52. The summed E-state index contributed by atoms with van der Waals surface area (Å²) in [6.07, 6.45) is 1.97. The predicted molar refractivity (Wildman–Crippen MR) is 77.5 cm³/mol. The minimum atomic E-state index is 0.0160. The van der Waals surface area contributed by atoms with Crippen molar-refractivity contribution >= 4 is 16.7 Å². The zero-order valence-electron chi connectivity index (χ0n) is 11.4. The van der Waals surface area contributed by atoms with Crippen LogP contribution in [0.15, 0.2) is 42.6 Å². The second kappa shape index (κ2) is 6.30. The summed E-state index contributed by atoms with van der Waals surface area (Å²) in [5, 5.41) is 10.6. The highest BCUT2D eigenvalue weighted by Crippen LogP contribution is 2.25. The van der Waals surface area contributed by atoms with E-state index < -0.39 is 0 Å². The first kappa shape index (κ1) is 14.2. The molecule has 0 saturated heterocycles. The number of carbonyl (C=O) groups is 1. The highest BCUT2D eigenvalue weighted by atomic mass is 16.5. The average Bonchev–Trinajstić information content (AvgIpc) is 2.45. The highest BCUT2D eigenvalue weighted by molar-refractivity contribution is 5.94. The van der Waals surface area contributed by atoms with Crippen LogP contribution in [0, 0.1) is 0 Å². The van der Waals surface area contributed by atoms with Crippen LogP contribution in [0.5, 0.6) is 5.75 Å². The zero-order valence-corrected chi connectivity index (χ0v) is 11.4. The maximum atomic E-state index is 11.4. The number of Topliss-reactive ketones (excluding diaryl/α,β-unsaturated/α-hetero) is 1. The van der Waals surface area contributed by atoms with Crippen LogP contribution in [0.4, 0.5) is 0 Å². The first-order valence-corrected chi connectivity index (χ1v) is 6.41. The number of nitrogens with zero attached hydrogens (tertiary/aromatic N) is 1. The third kappa shape index (κ3) is 3.22. The van der Waals surface area contributed by atoms with Crippen molar-refractivity contribution in [3.63, 3.8) is 0 Å². The smallest absolute Gasteiger partial charge is 0.160 e. The number of ketones is 1. The van der Waals surface area contributed by atoms with Crippen LogP contribution in [-0.2, 0) is 16.1 Å². The molecule has 0 bridgehead atoms. The van der Waals surface area contributed by atoms with E-state index in [0.717, 1.165) is 10.9 Å². The molecule has 1 N–H and O–H groups in total. The number of hydrogen-bond donors (Lipinski definition) is 1. The predicted octanol–water partition coefficient (Wildman–Crippen LogP) is 2.99. The van der Waals surface area contributed by atoms with Gasteiger partial charge in [0.2, 0.25) is 0 Å². The van der Waals surface area contributed by atoms with Gasteiger partial charge in [0.05, 0.1) is 13.2 Å². The summed E-state index contributed by atoms with van der Waals surface area (Å²) in [6, 6.07) is 7.11. The number of rotatable bonds is 6. The first-order valence-electron chi connectivity index (χ1n) is 6.41. The van der Waals surface area contributed by atoms with Crippen LogP contribution < -0.4 is 0 Å². The van der Waals surface area contributed by atoms with Gasteiger partial charge in [-0.15, -0.1) is 0 Å². The molecule has 0 amide bonds. The second-order valence-corrected chi connectivity index (χ2v) is 4.65. The van der Waals surface area contributed by atoms with Crippen LogP contribution in [0.3, 0.4) is 0 Å². The van der Waals surface area contributed by atoms with Crippen molar-refractivity contribution in [2.24, 2.45) is 0 Å². The fourth-order valence-corrected chi connectivity index (χ4v) is 1.90. The molecule has 1 aromatic heterocycles. The number of ether oxygens (including phenoxy) is 1. The number of hydrogen-bond acceptors (Lipinski definition) is 4. The van der Waals surface area contributed by atoms with Gasteiger partial charge in [0, 0.05) is 18.0 Å². The van der Waals surface area contributed by atoms with E-state index in [1.165, 1.54) is 0 Å². The Morgan fingerprint density at radius 3 is 2.95 bits per heavy atom. The molecule has 2 rings (SSSR count). The van der Waals surface area contributed by atoms with E-state index >= 15 is 0 Å². The van der Waals surface area contributed by atoms with Crippen LogP contribution in [0.2, 0.25) is 0 Å². The number of pyridine rings is 1. The van der Waals surface area contributed by atoms with Gasteiger partial charge >= 0.3 is 0 Å². The van der Waals surface area contributed by atoms with E-state index in [2.05, 4.69) is 11.6 Å². The molecule has 104 valence electrons. The van der Waals surface area contributed by atoms with Crippen molar-refractivity contribution < 1.29 is 14.6 Å². The molecule has 0 spiro atoms. The Kier molecular flexibility index (Phi) is 4.48. The molecule has 0 radical (unpaired) electrons. The van der Waals surface area contributed by atoms with Crippen molar-refractivity contribution in [3.05, 3.63) is 48.2 Å². The Balaban J connectivity index is 2.02. The lowest BCUT2D eigenvalue weighted by atomic mass is 10.1. The Morgan fingerprint density at radius 1 is 1.40 bits per heavy atom. The van der Waals surface area contributed by atoms with Crippen LogP contribution >= 0.6 is 0 Å². The van der Waals surface area contributed by atoms with Gasteiger partial charge in [-0.2, -0.15) is 0 Å². The quantitative estimate of drug-likeness (QED) is 0.648. The average molecular weight is 271 g/mol. The van der Waals surface area contributed by atoms with Gasteiger partial charge in [-0.05, 0) is 30.2 Å². The first-order chi connectivity index (χ1) is 9.59. The molecule has 0 fully saturated rings. The Hall–Kier alpha value is -2.20. The topological polar surface area (TPSA) is 59.4 Å². The number of benzene rings is 1. The van der Waals surface area contributed by atoms with Gasteiger partial charge in [-0.3, -0.25) is 9.78 Å². The van der Waals surface area contributed by atoms with Crippen molar-refractivity contribution in [1.29, 1.82) is 0 Å². The number of allylic oxidation sites excluding steroid dienone is 1. The van der Waals surface area contributed by atoms with Crippen LogP contribution in [-0.4, -0.2) is 22.5 Å². The molecule has 0 aliphatic carbocycles. The van der Waals surface area contributed by atoms with Crippen molar-refractivity contribution in [2.75, 3.05) is 6.61 Å². The summed E-state index contributed by atoms with van der Waals surface area (Å²) >= 11 is 0. The number of fused-ring (bicyclic) bond motifs is 1. The number of phenolic OH excluding ortho intramolecular Hbond substituents is 1. The van der Waals surface area contributed by atoms with Crippen LogP contribution in [0.1, 0.15) is 18.9 Å². The minimum Gasteiger partial charge on any atom is -0.506 e. The van der Waals surface area contributed by atoms with Crippen molar-refractivity contribution in [1.82, 2.24) is 4.98 Å². The monoisotopic (exact) mass is 271 g/mol. The fourth-order valence-electron chi connectivity index (χ4n) is 1.90. The third-order valence-corrected chi connectivity index (χ3v) is 3.05. The summed E-state index contributed by atoms with van der Waals surface area (Å²) in [6.45, 7) is 6.03. The van der Waals surface area contributed by atoms with Crippen LogP contribution in [0.25, 0.3) is 10.9 Å². The second-order valence-electron chi connectivity index (χ2n) is 4.65. The molecule has 1 aromatic carbocycles. The Morgan fingerprint density at radius 2 is 2.20 bits per heavy atom. The molecule has 20 heavy (non-hydrogen) atoms. The highest BCUT2D eigenvalue weighted by Gasteiger charge is 2.07.